The smallest absolute Gasteiger partial charge is 0.0907 e. The van der Waals surface area contributed by atoms with E-state index in [1.54, 1.807) is 0 Å². The van der Waals surface area contributed by atoms with Crippen LogP contribution in [-0.2, 0) is 6.42 Å². The molecule has 0 spiro atoms. The third-order valence-corrected chi connectivity index (χ3v) is 4.34. The van der Waals surface area contributed by atoms with Crippen LogP contribution in [0.4, 0.5) is 0 Å². The molecule has 0 aliphatic carbocycles. The van der Waals surface area contributed by atoms with E-state index >= 15 is 0 Å². The Morgan fingerprint density at radius 1 is 1.50 bits per heavy atom. The van der Waals surface area contributed by atoms with E-state index in [-0.39, 0.29) is 0 Å². The molecule has 0 bridgehead atoms. The van der Waals surface area contributed by atoms with E-state index in [1.165, 1.54) is 46.7 Å². The lowest BCUT2D eigenvalue weighted by atomic mass is 9.98. The Morgan fingerprint density at radius 2 is 2.44 bits per heavy atom. The maximum absolute atomic E-state index is 4.55. The van der Waals surface area contributed by atoms with Gasteiger partial charge in [0.2, 0.25) is 0 Å². The number of rotatable bonds is 2. The molecule has 0 saturated carbocycles. The number of aromatic nitrogens is 1. The van der Waals surface area contributed by atoms with Crippen LogP contribution in [0.25, 0.3) is 10.2 Å². The molecule has 1 aromatic heterocycles. The van der Waals surface area contributed by atoms with Crippen molar-refractivity contribution in [2.24, 2.45) is 5.92 Å². The second kappa shape index (κ2) is 4.15. The average molecular weight is 232 g/mol. The van der Waals surface area contributed by atoms with Gasteiger partial charge in [-0.15, -0.1) is 11.3 Å². The molecule has 1 N–H and O–H groups in total. The molecule has 1 aliphatic heterocycles. The lowest BCUT2D eigenvalue weighted by Gasteiger charge is -2.08. The minimum atomic E-state index is 0.813. The number of hydrogen-bond acceptors (Lipinski definition) is 3. The summed E-state index contributed by atoms with van der Waals surface area (Å²) in [6, 6.07) is 6.52. The first-order chi connectivity index (χ1) is 7.83. The zero-order valence-electron chi connectivity index (χ0n) is 9.49. The molecule has 1 atom stereocenters. The van der Waals surface area contributed by atoms with Gasteiger partial charge < -0.3 is 5.32 Å². The summed E-state index contributed by atoms with van der Waals surface area (Å²) >= 11 is 1.83. The summed E-state index contributed by atoms with van der Waals surface area (Å²) in [5.74, 6) is 0.813. The van der Waals surface area contributed by atoms with Crippen LogP contribution in [0.2, 0.25) is 0 Å². The minimum Gasteiger partial charge on any atom is -0.316 e. The highest BCUT2D eigenvalue weighted by Gasteiger charge is 2.16. The van der Waals surface area contributed by atoms with E-state index in [9.17, 15) is 0 Å². The normalized spacial score (nSPS) is 20.7. The lowest BCUT2D eigenvalue weighted by molar-refractivity contribution is 0.582. The second-order valence-electron chi connectivity index (χ2n) is 4.56. The van der Waals surface area contributed by atoms with Gasteiger partial charge in [0.05, 0.1) is 15.2 Å². The van der Waals surface area contributed by atoms with Gasteiger partial charge in [0.25, 0.3) is 0 Å². The van der Waals surface area contributed by atoms with E-state index < -0.39 is 0 Å². The maximum Gasteiger partial charge on any atom is 0.0907 e. The van der Waals surface area contributed by atoms with E-state index in [4.69, 9.17) is 0 Å². The number of nitrogens with zero attached hydrogens (tertiary/aromatic N) is 1. The minimum absolute atomic E-state index is 0.813. The molecular weight excluding hydrogens is 216 g/mol. The first kappa shape index (κ1) is 10.2. The summed E-state index contributed by atoms with van der Waals surface area (Å²) in [5.41, 5.74) is 2.66. The van der Waals surface area contributed by atoms with Crippen molar-refractivity contribution in [3.8, 4) is 0 Å². The quantitative estimate of drug-likeness (QED) is 0.861. The van der Waals surface area contributed by atoms with E-state index in [2.05, 4.69) is 35.4 Å². The van der Waals surface area contributed by atoms with Crippen LogP contribution >= 0.6 is 11.3 Å². The van der Waals surface area contributed by atoms with Gasteiger partial charge in [-0.1, -0.05) is 12.1 Å². The fourth-order valence-corrected chi connectivity index (χ4v) is 3.42. The fourth-order valence-electron chi connectivity index (χ4n) is 2.48. The van der Waals surface area contributed by atoms with E-state index in [0.29, 0.717) is 0 Å². The van der Waals surface area contributed by atoms with Gasteiger partial charge in [0, 0.05) is 0 Å². The number of aryl methyl sites for hydroxylation is 1. The van der Waals surface area contributed by atoms with Gasteiger partial charge in [-0.05, 0) is 50.4 Å². The molecular formula is C13H16N2S. The molecule has 3 heteroatoms. The van der Waals surface area contributed by atoms with Crippen LogP contribution < -0.4 is 5.32 Å². The lowest BCUT2D eigenvalue weighted by Crippen LogP contribution is -2.10. The Hall–Kier alpha value is -0.930. The van der Waals surface area contributed by atoms with Gasteiger partial charge >= 0.3 is 0 Å². The van der Waals surface area contributed by atoms with Crippen molar-refractivity contribution in [2.75, 3.05) is 13.1 Å². The SMILES string of the molecule is Cc1nc2cccc(CC3CCNC3)c2s1. The summed E-state index contributed by atoms with van der Waals surface area (Å²) < 4.78 is 1.40. The topological polar surface area (TPSA) is 24.9 Å². The molecule has 84 valence electrons. The van der Waals surface area contributed by atoms with Crippen LogP contribution in [0.5, 0.6) is 0 Å². The molecule has 1 aliphatic rings. The molecule has 1 fully saturated rings. The summed E-state index contributed by atoms with van der Waals surface area (Å²) in [5, 5.41) is 4.61. The molecule has 0 amide bonds. The molecule has 0 radical (unpaired) electrons. The number of thiazole rings is 1. The van der Waals surface area contributed by atoms with Gasteiger partial charge in [-0.25, -0.2) is 4.98 Å². The van der Waals surface area contributed by atoms with Crippen LogP contribution in [0.3, 0.4) is 0 Å². The zero-order chi connectivity index (χ0) is 11.0. The Bertz CT molecular complexity index is 498. The van der Waals surface area contributed by atoms with Crippen molar-refractivity contribution in [1.29, 1.82) is 0 Å². The van der Waals surface area contributed by atoms with Gasteiger partial charge in [0.1, 0.15) is 0 Å². The van der Waals surface area contributed by atoms with Gasteiger partial charge in [-0.2, -0.15) is 0 Å². The third-order valence-electron chi connectivity index (χ3n) is 3.27. The summed E-state index contributed by atoms with van der Waals surface area (Å²) in [7, 11) is 0. The molecule has 2 heterocycles. The Labute approximate surface area is 99.7 Å². The van der Waals surface area contributed by atoms with Crippen molar-refractivity contribution in [3.63, 3.8) is 0 Å². The largest absolute Gasteiger partial charge is 0.316 e. The molecule has 1 aromatic carbocycles. The number of benzene rings is 1. The predicted octanol–water partition coefficient (Wildman–Crippen LogP) is 2.76. The van der Waals surface area contributed by atoms with E-state index in [1.807, 2.05) is 11.3 Å². The van der Waals surface area contributed by atoms with Gasteiger partial charge in [-0.3, -0.25) is 0 Å². The number of hydrogen-bond donors (Lipinski definition) is 1. The highest BCUT2D eigenvalue weighted by atomic mass is 32.1. The number of nitrogens with one attached hydrogen (secondary N) is 1. The number of fused-ring (bicyclic) bond motifs is 1. The van der Waals surface area contributed by atoms with Crippen molar-refractivity contribution >= 4 is 21.6 Å². The Balaban J connectivity index is 1.95. The highest BCUT2D eigenvalue weighted by molar-refractivity contribution is 7.18. The average Bonchev–Trinajstić information content (AvgIpc) is 2.86. The van der Waals surface area contributed by atoms with Crippen LogP contribution in [0, 0.1) is 12.8 Å². The van der Waals surface area contributed by atoms with Crippen molar-refractivity contribution in [2.45, 2.75) is 19.8 Å². The predicted molar refractivity (Wildman–Crippen MR) is 69.0 cm³/mol. The highest BCUT2D eigenvalue weighted by Crippen LogP contribution is 2.28. The summed E-state index contributed by atoms with van der Waals surface area (Å²) in [6.07, 6.45) is 2.51. The maximum atomic E-state index is 4.55. The first-order valence-corrected chi connectivity index (χ1v) is 6.70. The summed E-state index contributed by atoms with van der Waals surface area (Å²) in [6.45, 7) is 4.45. The van der Waals surface area contributed by atoms with Crippen molar-refractivity contribution < 1.29 is 0 Å². The first-order valence-electron chi connectivity index (χ1n) is 5.88. The second-order valence-corrected chi connectivity index (χ2v) is 5.76. The van der Waals surface area contributed by atoms with Crippen molar-refractivity contribution in [1.82, 2.24) is 10.3 Å². The Kier molecular flexibility index (Phi) is 2.65. The van der Waals surface area contributed by atoms with Gasteiger partial charge in [0.15, 0.2) is 0 Å². The van der Waals surface area contributed by atoms with Crippen molar-refractivity contribution in [3.05, 3.63) is 28.8 Å². The third kappa shape index (κ3) is 1.85. The molecule has 3 rings (SSSR count). The molecule has 1 unspecified atom stereocenters. The fraction of sp³-hybridized carbons (Fsp3) is 0.462. The molecule has 1 saturated heterocycles. The monoisotopic (exact) mass is 232 g/mol. The molecule has 2 nitrogen and oxygen atoms in total. The van der Waals surface area contributed by atoms with E-state index in [0.717, 1.165) is 5.92 Å². The van der Waals surface area contributed by atoms with Crippen LogP contribution in [0.15, 0.2) is 18.2 Å². The molecule has 2 aromatic rings. The Morgan fingerprint density at radius 3 is 3.25 bits per heavy atom. The zero-order valence-corrected chi connectivity index (χ0v) is 10.3. The standard InChI is InChI=1S/C13H16N2S/c1-9-15-12-4-2-3-11(13(12)16-9)7-10-5-6-14-8-10/h2-4,10,14H,5-8H2,1H3. The van der Waals surface area contributed by atoms with Crippen LogP contribution in [0.1, 0.15) is 17.0 Å². The summed E-state index contributed by atoms with van der Waals surface area (Å²) in [4.78, 5) is 4.55. The van der Waals surface area contributed by atoms with Crippen LogP contribution in [-0.4, -0.2) is 18.1 Å². The molecule has 16 heavy (non-hydrogen) atoms.